The number of hydrogen-bond donors (Lipinski definition) is 2. The fourth-order valence-electron chi connectivity index (χ4n) is 3.36. The molecule has 1 fully saturated rings. The summed E-state index contributed by atoms with van der Waals surface area (Å²) in [5, 5.41) is 12.2. The molecule has 27 heavy (non-hydrogen) atoms. The molecule has 0 aromatic heterocycles. The minimum atomic E-state index is -3.24. The Morgan fingerprint density at radius 1 is 1.07 bits per heavy atom. The molecule has 1 amide bonds. The lowest BCUT2D eigenvalue weighted by molar-refractivity contribution is -0.117. The molecular weight excluding hydrogens is 364 g/mol. The molecule has 3 rings (SSSR count). The lowest BCUT2D eigenvalue weighted by Gasteiger charge is -2.31. The van der Waals surface area contributed by atoms with E-state index in [2.05, 4.69) is 10.2 Å². The highest BCUT2D eigenvalue weighted by molar-refractivity contribution is 7.90. The average molecular weight is 388 g/mol. The third kappa shape index (κ3) is 5.30. The number of aromatic hydroxyl groups is 1. The first-order chi connectivity index (χ1) is 12.8. The van der Waals surface area contributed by atoms with Gasteiger partial charge in [0, 0.05) is 11.9 Å². The van der Waals surface area contributed by atoms with Crippen molar-refractivity contribution in [1.82, 2.24) is 4.90 Å². The molecule has 1 saturated heterocycles. The van der Waals surface area contributed by atoms with Gasteiger partial charge in [-0.15, -0.1) is 0 Å². The summed E-state index contributed by atoms with van der Waals surface area (Å²) < 4.78 is 22.9. The molecule has 1 aliphatic rings. The van der Waals surface area contributed by atoms with Crippen molar-refractivity contribution in [1.29, 1.82) is 0 Å². The molecule has 2 aromatic carbocycles. The molecular formula is C20H24N2O4S. The van der Waals surface area contributed by atoms with Crippen LogP contribution >= 0.6 is 0 Å². The number of carbonyl (C=O) groups is 1. The van der Waals surface area contributed by atoms with Crippen LogP contribution in [0, 0.1) is 0 Å². The molecule has 7 heteroatoms. The number of phenols is 1. The second-order valence-electron chi connectivity index (χ2n) is 6.99. The second kappa shape index (κ2) is 8.10. The summed E-state index contributed by atoms with van der Waals surface area (Å²) in [5.41, 5.74) is 1.81. The summed E-state index contributed by atoms with van der Waals surface area (Å²) in [6, 6.07) is 13.5. The van der Waals surface area contributed by atoms with Crippen LogP contribution in [0.3, 0.4) is 0 Å². The van der Waals surface area contributed by atoms with Crippen molar-refractivity contribution >= 4 is 21.4 Å². The van der Waals surface area contributed by atoms with Gasteiger partial charge in [-0.1, -0.05) is 12.1 Å². The smallest absolute Gasteiger partial charge is 0.238 e. The van der Waals surface area contributed by atoms with E-state index in [0.717, 1.165) is 32.2 Å². The average Bonchev–Trinajstić information content (AvgIpc) is 2.63. The molecule has 0 radical (unpaired) electrons. The summed E-state index contributed by atoms with van der Waals surface area (Å²) in [5.74, 6) is 0.621. The number of likely N-dealkylation sites (tertiary alicyclic amines) is 1. The Labute approximate surface area is 159 Å². The van der Waals surface area contributed by atoms with Crippen LogP contribution in [-0.4, -0.2) is 50.2 Å². The Hall–Kier alpha value is -2.38. The maximum absolute atomic E-state index is 12.3. The van der Waals surface area contributed by atoms with Gasteiger partial charge in [-0.2, -0.15) is 0 Å². The summed E-state index contributed by atoms with van der Waals surface area (Å²) >= 11 is 0. The van der Waals surface area contributed by atoms with E-state index in [1.54, 1.807) is 24.3 Å². The molecule has 144 valence electrons. The molecule has 0 aliphatic carbocycles. The zero-order valence-corrected chi connectivity index (χ0v) is 16.1. The van der Waals surface area contributed by atoms with E-state index >= 15 is 0 Å². The topological polar surface area (TPSA) is 86.7 Å². The number of hydrogen-bond acceptors (Lipinski definition) is 5. The highest BCUT2D eigenvalue weighted by Crippen LogP contribution is 2.28. The number of benzene rings is 2. The van der Waals surface area contributed by atoms with Gasteiger partial charge in [0.15, 0.2) is 9.84 Å². The summed E-state index contributed by atoms with van der Waals surface area (Å²) in [7, 11) is -3.24. The summed E-state index contributed by atoms with van der Waals surface area (Å²) in [6.07, 6.45) is 3.10. The largest absolute Gasteiger partial charge is 0.508 e. The lowest BCUT2D eigenvalue weighted by Crippen LogP contribution is -2.38. The molecule has 0 unspecified atom stereocenters. The third-order valence-electron chi connectivity index (χ3n) is 4.89. The number of carbonyl (C=O) groups excluding carboxylic acids is 1. The minimum absolute atomic E-state index is 0.106. The van der Waals surface area contributed by atoms with Gasteiger partial charge in [0.1, 0.15) is 5.75 Å². The number of rotatable bonds is 5. The van der Waals surface area contributed by atoms with Crippen LogP contribution in [0.1, 0.15) is 24.3 Å². The van der Waals surface area contributed by atoms with E-state index in [9.17, 15) is 18.3 Å². The highest BCUT2D eigenvalue weighted by Gasteiger charge is 2.22. The van der Waals surface area contributed by atoms with Crippen LogP contribution in [0.2, 0.25) is 0 Å². The number of nitrogens with one attached hydrogen (secondary N) is 1. The van der Waals surface area contributed by atoms with Gasteiger partial charge in [-0.3, -0.25) is 9.69 Å². The van der Waals surface area contributed by atoms with Gasteiger partial charge in [-0.05, 0) is 73.8 Å². The van der Waals surface area contributed by atoms with Gasteiger partial charge in [0.05, 0.1) is 11.4 Å². The maximum atomic E-state index is 12.3. The Bertz CT molecular complexity index is 885. The molecule has 1 heterocycles. The van der Waals surface area contributed by atoms with Crippen molar-refractivity contribution in [3.05, 3.63) is 54.1 Å². The fourth-order valence-corrected chi connectivity index (χ4v) is 3.99. The number of phenolic OH excluding ortho intramolecular Hbond substituents is 1. The monoisotopic (exact) mass is 388 g/mol. The Kier molecular flexibility index (Phi) is 5.82. The van der Waals surface area contributed by atoms with Crippen molar-refractivity contribution < 1.29 is 18.3 Å². The van der Waals surface area contributed by atoms with Crippen molar-refractivity contribution in [2.75, 3.05) is 31.2 Å². The Morgan fingerprint density at radius 3 is 2.22 bits per heavy atom. The zero-order valence-electron chi connectivity index (χ0n) is 15.3. The van der Waals surface area contributed by atoms with E-state index < -0.39 is 9.84 Å². The lowest BCUT2D eigenvalue weighted by atomic mass is 9.89. The standard InChI is InChI=1S/C20H24N2O4S/c1-27(25,26)19-8-4-17(5-9-19)21-20(24)14-22-12-10-16(11-13-22)15-2-6-18(23)7-3-15/h2-9,16,23H,10-14H2,1H3,(H,21,24). The molecule has 0 saturated carbocycles. The van der Waals surface area contributed by atoms with E-state index in [1.807, 2.05) is 12.1 Å². The number of nitrogens with zero attached hydrogens (tertiary/aromatic N) is 1. The van der Waals surface area contributed by atoms with Crippen molar-refractivity contribution in [3.8, 4) is 5.75 Å². The molecule has 2 aromatic rings. The highest BCUT2D eigenvalue weighted by atomic mass is 32.2. The first-order valence-electron chi connectivity index (χ1n) is 8.92. The second-order valence-corrected chi connectivity index (χ2v) is 9.00. The Balaban J connectivity index is 1.48. The van der Waals surface area contributed by atoms with Gasteiger partial charge in [-0.25, -0.2) is 8.42 Å². The van der Waals surface area contributed by atoms with Gasteiger partial charge < -0.3 is 10.4 Å². The number of anilines is 1. The van der Waals surface area contributed by atoms with Crippen LogP contribution in [-0.2, 0) is 14.6 Å². The van der Waals surface area contributed by atoms with E-state index in [0.29, 0.717) is 18.2 Å². The van der Waals surface area contributed by atoms with Crippen LogP contribution in [0.25, 0.3) is 0 Å². The van der Waals surface area contributed by atoms with Gasteiger partial charge in [0.2, 0.25) is 5.91 Å². The Morgan fingerprint density at radius 2 is 1.67 bits per heavy atom. The summed E-state index contributed by atoms with van der Waals surface area (Å²) in [4.78, 5) is 14.6. The van der Waals surface area contributed by atoms with Crippen molar-refractivity contribution in [3.63, 3.8) is 0 Å². The maximum Gasteiger partial charge on any atom is 0.238 e. The van der Waals surface area contributed by atoms with Crippen molar-refractivity contribution in [2.24, 2.45) is 0 Å². The van der Waals surface area contributed by atoms with E-state index in [-0.39, 0.29) is 16.6 Å². The number of amides is 1. The van der Waals surface area contributed by atoms with Crippen molar-refractivity contribution in [2.45, 2.75) is 23.7 Å². The molecule has 0 bridgehead atoms. The molecule has 1 aliphatic heterocycles. The van der Waals surface area contributed by atoms with E-state index in [1.165, 1.54) is 17.7 Å². The van der Waals surface area contributed by atoms with Crippen LogP contribution in [0.15, 0.2) is 53.4 Å². The molecule has 6 nitrogen and oxygen atoms in total. The number of sulfone groups is 1. The first kappa shape index (κ1) is 19.4. The predicted octanol–water partition coefficient (Wildman–Crippen LogP) is 2.61. The SMILES string of the molecule is CS(=O)(=O)c1ccc(NC(=O)CN2CCC(c3ccc(O)cc3)CC2)cc1. The minimum Gasteiger partial charge on any atom is -0.508 e. The quantitative estimate of drug-likeness (QED) is 0.822. The number of piperidine rings is 1. The fraction of sp³-hybridized carbons (Fsp3) is 0.350. The van der Waals surface area contributed by atoms with Crippen LogP contribution < -0.4 is 5.32 Å². The molecule has 2 N–H and O–H groups in total. The van der Waals surface area contributed by atoms with Gasteiger partial charge >= 0.3 is 0 Å². The van der Waals surface area contributed by atoms with Crippen LogP contribution in [0.4, 0.5) is 5.69 Å². The summed E-state index contributed by atoms with van der Waals surface area (Å²) in [6.45, 7) is 1.99. The molecule has 0 spiro atoms. The first-order valence-corrected chi connectivity index (χ1v) is 10.8. The molecule has 0 atom stereocenters. The zero-order chi connectivity index (χ0) is 19.4. The van der Waals surface area contributed by atoms with E-state index in [4.69, 9.17) is 0 Å². The van der Waals surface area contributed by atoms with Crippen LogP contribution in [0.5, 0.6) is 5.75 Å². The third-order valence-corrected chi connectivity index (χ3v) is 6.01. The predicted molar refractivity (Wildman–Crippen MR) is 105 cm³/mol. The van der Waals surface area contributed by atoms with Gasteiger partial charge in [0.25, 0.3) is 0 Å². The normalized spacial score (nSPS) is 16.2.